The minimum atomic E-state index is -0.791. The number of carbonyl (C=O) groups excluding carboxylic acids is 1. The van der Waals surface area contributed by atoms with Gasteiger partial charge in [0.25, 0.3) is 0 Å². The highest BCUT2D eigenvalue weighted by molar-refractivity contribution is 5.60. The predicted octanol–water partition coefficient (Wildman–Crippen LogP) is 3.57. The van der Waals surface area contributed by atoms with E-state index in [0.29, 0.717) is 34.1 Å². The third-order valence-corrected chi connectivity index (χ3v) is 3.68. The second-order valence-electron chi connectivity index (χ2n) is 5.18. The number of benzene rings is 2. The molecule has 0 aliphatic heterocycles. The van der Waals surface area contributed by atoms with Crippen LogP contribution in [0.25, 0.3) is 0 Å². The summed E-state index contributed by atoms with van der Waals surface area (Å²) in [5.74, 6) is 2.43. The molecule has 0 saturated carbocycles. The van der Waals surface area contributed by atoms with Gasteiger partial charge in [-0.2, -0.15) is 0 Å². The molecular weight excluding hydrogens is 340 g/mol. The summed E-state index contributed by atoms with van der Waals surface area (Å²) >= 11 is 0. The molecule has 2 rings (SSSR count). The average Bonchev–Trinajstić information content (AvgIpc) is 2.70. The maximum absolute atomic E-state index is 11.9. The molecule has 0 heterocycles. The highest BCUT2D eigenvalue weighted by atomic mass is 16.7. The van der Waals surface area contributed by atoms with E-state index in [0.717, 1.165) is 0 Å². The van der Waals surface area contributed by atoms with Gasteiger partial charge in [-0.1, -0.05) is 0 Å². The van der Waals surface area contributed by atoms with E-state index in [1.165, 1.54) is 14.2 Å². The molecule has 26 heavy (non-hydrogen) atoms. The summed E-state index contributed by atoms with van der Waals surface area (Å²) in [6, 6.07) is 10.5. The Hall–Kier alpha value is -3.09. The maximum Gasteiger partial charge on any atom is 0.508 e. The quantitative estimate of drug-likeness (QED) is 0.665. The fraction of sp³-hybridized carbons (Fsp3) is 0.316. The van der Waals surface area contributed by atoms with Gasteiger partial charge in [-0.25, -0.2) is 4.79 Å². The van der Waals surface area contributed by atoms with Crippen molar-refractivity contribution in [3.05, 3.63) is 47.5 Å². The Morgan fingerprint density at radius 3 is 1.46 bits per heavy atom. The second-order valence-corrected chi connectivity index (χ2v) is 5.18. The molecule has 2 aromatic rings. The normalized spacial score (nSPS) is 10.0. The lowest BCUT2D eigenvalue weighted by atomic mass is 10.2. The number of hydrogen-bond acceptors (Lipinski definition) is 7. The third-order valence-electron chi connectivity index (χ3n) is 3.68. The van der Waals surface area contributed by atoms with Gasteiger partial charge in [-0.15, -0.1) is 0 Å². The summed E-state index contributed by atoms with van der Waals surface area (Å²) in [5.41, 5.74) is 1.40. The van der Waals surface area contributed by atoms with Gasteiger partial charge in [-0.05, 0) is 24.3 Å². The van der Waals surface area contributed by atoms with Crippen LogP contribution in [0.4, 0.5) is 4.79 Å². The fourth-order valence-corrected chi connectivity index (χ4v) is 2.26. The maximum atomic E-state index is 11.9. The Morgan fingerprint density at radius 2 is 1.12 bits per heavy atom. The SMILES string of the molecule is COc1ccc(COC(=O)OCc2ccc(OC)cc2OC)c(OC)c1. The topological polar surface area (TPSA) is 72.5 Å². The van der Waals surface area contributed by atoms with Crippen LogP contribution >= 0.6 is 0 Å². The second kappa shape index (κ2) is 9.41. The Labute approximate surface area is 152 Å². The summed E-state index contributed by atoms with van der Waals surface area (Å²) in [7, 11) is 6.20. The molecule has 0 fully saturated rings. The minimum Gasteiger partial charge on any atom is -0.497 e. The van der Waals surface area contributed by atoms with Crippen LogP contribution in [0.5, 0.6) is 23.0 Å². The monoisotopic (exact) mass is 362 g/mol. The zero-order valence-corrected chi connectivity index (χ0v) is 15.2. The van der Waals surface area contributed by atoms with E-state index in [9.17, 15) is 4.79 Å². The molecule has 7 heteroatoms. The van der Waals surface area contributed by atoms with E-state index < -0.39 is 6.16 Å². The highest BCUT2D eigenvalue weighted by Gasteiger charge is 2.12. The number of hydrogen-bond donors (Lipinski definition) is 0. The molecule has 0 N–H and O–H groups in total. The molecule has 0 bridgehead atoms. The molecule has 0 atom stereocenters. The van der Waals surface area contributed by atoms with Crippen LogP contribution in [0.3, 0.4) is 0 Å². The zero-order chi connectivity index (χ0) is 18.9. The Balaban J connectivity index is 1.92. The number of rotatable bonds is 8. The van der Waals surface area contributed by atoms with Crippen LogP contribution < -0.4 is 18.9 Å². The van der Waals surface area contributed by atoms with Crippen molar-refractivity contribution in [2.75, 3.05) is 28.4 Å². The first kappa shape index (κ1) is 19.2. The first-order valence-electron chi connectivity index (χ1n) is 7.82. The number of methoxy groups -OCH3 is 4. The van der Waals surface area contributed by atoms with Crippen molar-refractivity contribution in [1.29, 1.82) is 0 Å². The molecule has 0 aromatic heterocycles. The highest BCUT2D eigenvalue weighted by Crippen LogP contribution is 2.26. The van der Waals surface area contributed by atoms with E-state index in [4.69, 9.17) is 28.4 Å². The smallest absolute Gasteiger partial charge is 0.497 e. The lowest BCUT2D eigenvalue weighted by Crippen LogP contribution is -2.08. The van der Waals surface area contributed by atoms with Crippen molar-refractivity contribution < 1.29 is 33.2 Å². The summed E-state index contributed by atoms with van der Waals surface area (Å²) in [6.45, 7) is 0.0392. The van der Waals surface area contributed by atoms with Crippen LogP contribution in [-0.4, -0.2) is 34.6 Å². The molecule has 2 aromatic carbocycles. The molecule has 7 nitrogen and oxygen atoms in total. The predicted molar refractivity (Wildman–Crippen MR) is 94.1 cm³/mol. The van der Waals surface area contributed by atoms with Crippen LogP contribution in [0, 0.1) is 0 Å². The molecular formula is C19H22O7. The van der Waals surface area contributed by atoms with Gasteiger partial charge in [0.15, 0.2) is 0 Å². The Kier molecular flexibility index (Phi) is 6.96. The molecule has 0 amide bonds. The van der Waals surface area contributed by atoms with Crippen LogP contribution in [0.2, 0.25) is 0 Å². The lowest BCUT2D eigenvalue weighted by molar-refractivity contribution is 0.0438. The average molecular weight is 362 g/mol. The van der Waals surface area contributed by atoms with Gasteiger partial charge in [0.1, 0.15) is 36.2 Å². The van der Waals surface area contributed by atoms with E-state index in [-0.39, 0.29) is 13.2 Å². The summed E-state index contributed by atoms with van der Waals surface area (Å²) < 4.78 is 31.1. The summed E-state index contributed by atoms with van der Waals surface area (Å²) in [6.07, 6.45) is -0.791. The van der Waals surface area contributed by atoms with Gasteiger partial charge < -0.3 is 28.4 Å². The Bertz CT molecular complexity index is 681. The van der Waals surface area contributed by atoms with Gasteiger partial charge in [0.05, 0.1) is 28.4 Å². The number of carbonyl (C=O) groups is 1. The Morgan fingerprint density at radius 1 is 0.692 bits per heavy atom. The van der Waals surface area contributed by atoms with Gasteiger partial charge in [0, 0.05) is 23.3 Å². The zero-order valence-electron chi connectivity index (χ0n) is 15.2. The van der Waals surface area contributed by atoms with Crippen LogP contribution in [0.15, 0.2) is 36.4 Å². The fourth-order valence-electron chi connectivity index (χ4n) is 2.26. The third kappa shape index (κ3) is 4.95. The summed E-state index contributed by atoms with van der Waals surface area (Å²) in [4.78, 5) is 11.9. The van der Waals surface area contributed by atoms with Crippen molar-refractivity contribution in [3.8, 4) is 23.0 Å². The van der Waals surface area contributed by atoms with Crippen molar-refractivity contribution in [2.45, 2.75) is 13.2 Å². The van der Waals surface area contributed by atoms with Crippen LogP contribution in [0.1, 0.15) is 11.1 Å². The molecule has 0 saturated heterocycles. The van der Waals surface area contributed by atoms with Crippen LogP contribution in [-0.2, 0) is 22.7 Å². The molecule has 0 aliphatic rings. The summed E-state index contributed by atoms with van der Waals surface area (Å²) in [5, 5.41) is 0. The standard InChI is InChI=1S/C19H22O7/c1-21-15-7-5-13(17(9-15)23-3)11-25-19(20)26-12-14-6-8-16(22-2)10-18(14)24-4/h5-10H,11-12H2,1-4H3. The van der Waals surface area contributed by atoms with Gasteiger partial charge in [0.2, 0.25) is 0 Å². The molecule has 140 valence electrons. The van der Waals surface area contributed by atoms with E-state index >= 15 is 0 Å². The van der Waals surface area contributed by atoms with Crippen molar-refractivity contribution in [3.63, 3.8) is 0 Å². The van der Waals surface area contributed by atoms with E-state index in [2.05, 4.69) is 0 Å². The molecule has 0 unspecified atom stereocenters. The molecule has 0 aliphatic carbocycles. The van der Waals surface area contributed by atoms with E-state index in [1.54, 1.807) is 50.6 Å². The molecule has 0 spiro atoms. The minimum absolute atomic E-state index is 0.0196. The lowest BCUT2D eigenvalue weighted by Gasteiger charge is -2.12. The number of ether oxygens (including phenoxy) is 6. The first-order chi connectivity index (χ1) is 12.6. The van der Waals surface area contributed by atoms with E-state index in [1.807, 2.05) is 0 Å². The first-order valence-corrected chi connectivity index (χ1v) is 7.82. The van der Waals surface area contributed by atoms with Gasteiger partial charge in [-0.3, -0.25) is 0 Å². The van der Waals surface area contributed by atoms with Crippen molar-refractivity contribution >= 4 is 6.16 Å². The van der Waals surface area contributed by atoms with Crippen molar-refractivity contribution in [2.24, 2.45) is 0 Å². The largest absolute Gasteiger partial charge is 0.508 e. The van der Waals surface area contributed by atoms with Crippen molar-refractivity contribution in [1.82, 2.24) is 0 Å². The van der Waals surface area contributed by atoms with Gasteiger partial charge >= 0.3 is 6.16 Å². The molecule has 0 radical (unpaired) electrons.